The highest BCUT2D eigenvalue weighted by molar-refractivity contribution is 6.39. The van der Waals surface area contributed by atoms with Crippen LogP contribution in [-0.2, 0) is 0 Å². The molecular weight excluding hydrogens is 245 g/mol. The Morgan fingerprint density at radius 1 is 0.647 bits per heavy atom. The Balaban J connectivity index is 3.17. The molecule has 0 aliphatic rings. The van der Waals surface area contributed by atoms with Crippen LogP contribution in [0.25, 0.3) is 10.8 Å². The van der Waals surface area contributed by atoms with Gasteiger partial charge in [-0.15, -0.1) is 0 Å². The minimum absolute atomic E-state index is 0.154. The lowest BCUT2D eigenvalue weighted by Gasteiger charge is -2.09. The van der Waals surface area contributed by atoms with Gasteiger partial charge in [0.05, 0.1) is 5.39 Å². The van der Waals surface area contributed by atoms with E-state index in [1.54, 1.807) is 0 Å². The number of fused-ring (bicyclic) bond motifs is 1. The summed E-state index contributed by atoms with van der Waals surface area (Å²) in [5.41, 5.74) is -0.615. The summed E-state index contributed by atoms with van der Waals surface area (Å²) in [6, 6.07) is 0.154. The Morgan fingerprint density at radius 3 is 1.82 bits per heavy atom. The number of hydrogen-bond acceptors (Lipinski definition) is 0. The molecule has 0 bridgehead atoms. The van der Waals surface area contributed by atoms with Crippen LogP contribution in [0.15, 0.2) is 6.07 Å². The largest absolute Gasteiger partial charge is 0.206 e. The van der Waals surface area contributed by atoms with Gasteiger partial charge in [-0.3, -0.25) is 0 Å². The van der Waals surface area contributed by atoms with Crippen LogP contribution in [0.3, 0.4) is 0 Å². The van der Waals surface area contributed by atoms with Crippen molar-refractivity contribution in [1.82, 2.24) is 0 Å². The number of benzene rings is 2. The van der Waals surface area contributed by atoms with Gasteiger partial charge in [0.15, 0.2) is 29.1 Å². The topological polar surface area (TPSA) is 0 Å². The van der Waals surface area contributed by atoms with Crippen molar-refractivity contribution in [3.05, 3.63) is 41.0 Å². The van der Waals surface area contributed by atoms with Crippen LogP contribution < -0.4 is 5.46 Å². The number of halogens is 6. The third-order valence-corrected chi connectivity index (χ3v) is 2.48. The van der Waals surface area contributed by atoms with Crippen molar-refractivity contribution >= 4 is 24.1 Å². The molecule has 0 spiro atoms. The maximum atomic E-state index is 13.3. The Morgan fingerprint density at radius 2 is 1.24 bits per heavy atom. The lowest BCUT2D eigenvalue weighted by Crippen LogP contribution is -2.17. The fourth-order valence-electron chi connectivity index (χ4n) is 1.65. The highest BCUT2D eigenvalue weighted by atomic mass is 19.2. The van der Waals surface area contributed by atoms with Crippen molar-refractivity contribution in [2.24, 2.45) is 0 Å². The van der Waals surface area contributed by atoms with E-state index in [9.17, 15) is 26.3 Å². The molecule has 0 heterocycles. The van der Waals surface area contributed by atoms with Gasteiger partial charge in [0.1, 0.15) is 13.7 Å². The molecule has 17 heavy (non-hydrogen) atoms. The van der Waals surface area contributed by atoms with Crippen molar-refractivity contribution in [2.45, 2.75) is 0 Å². The van der Waals surface area contributed by atoms with E-state index in [0.717, 1.165) is 7.85 Å². The van der Waals surface area contributed by atoms with Gasteiger partial charge in [-0.05, 0) is 5.46 Å². The number of hydrogen-bond donors (Lipinski definition) is 0. The smallest absolute Gasteiger partial charge is 0.194 e. The summed E-state index contributed by atoms with van der Waals surface area (Å²) in [4.78, 5) is 0. The van der Waals surface area contributed by atoms with Gasteiger partial charge in [0.25, 0.3) is 0 Å². The fraction of sp³-hybridized carbons (Fsp3) is 0. The maximum Gasteiger partial charge on any atom is 0.194 e. The molecule has 88 valence electrons. The summed E-state index contributed by atoms with van der Waals surface area (Å²) in [5.74, 6) is -10.3. The van der Waals surface area contributed by atoms with E-state index in [1.165, 1.54) is 0 Å². The van der Waals surface area contributed by atoms with Crippen LogP contribution in [0.4, 0.5) is 26.3 Å². The lowest BCUT2D eigenvalue weighted by atomic mass is 9.88. The van der Waals surface area contributed by atoms with Gasteiger partial charge >= 0.3 is 0 Å². The van der Waals surface area contributed by atoms with E-state index in [-0.39, 0.29) is 6.07 Å². The first kappa shape index (κ1) is 11.8. The number of rotatable bonds is 0. The second-order valence-corrected chi connectivity index (χ2v) is 3.47. The third kappa shape index (κ3) is 1.49. The van der Waals surface area contributed by atoms with Crippen molar-refractivity contribution < 1.29 is 26.3 Å². The molecule has 0 N–H and O–H groups in total. The first-order valence-corrected chi connectivity index (χ1v) is 4.46. The zero-order valence-electron chi connectivity index (χ0n) is 8.35. The second-order valence-electron chi connectivity index (χ2n) is 3.47. The van der Waals surface area contributed by atoms with E-state index in [4.69, 9.17) is 0 Å². The summed E-state index contributed by atoms with van der Waals surface area (Å²) < 4.78 is 78.8. The van der Waals surface area contributed by atoms with Crippen LogP contribution in [0.1, 0.15) is 0 Å². The zero-order chi connectivity index (χ0) is 12.9. The van der Waals surface area contributed by atoms with E-state index in [0.29, 0.717) is 0 Å². The molecule has 0 radical (unpaired) electrons. The summed E-state index contributed by atoms with van der Waals surface area (Å²) in [6.07, 6.45) is 0. The molecule has 0 fully saturated rings. The molecule has 0 saturated carbocycles. The standard InChI is InChI=1S/C10H3BF6/c11-6-4-2(12)1-3(13)7(14)5(4)8(15)10(17)9(6)16/h1H,11H2. The average Bonchev–Trinajstić information content (AvgIpc) is 2.28. The van der Waals surface area contributed by atoms with Gasteiger partial charge in [0, 0.05) is 11.5 Å². The van der Waals surface area contributed by atoms with Crippen molar-refractivity contribution in [1.29, 1.82) is 0 Å². The van der Waals surface area contributed by atoms with Crippen LogP contribution >= 0.6 is 0 Å². The van der Waals surface area contributed by atoms with Crippen LogP contribution in [0, 0.1) is 34.9 Å². The molecule has 2 rings (SSSR count). The summed E-state index contributed by atoms with van der Waals surface area (Å²) >= 11 is 0. The predicted octanol–water partition coefficient (Wildman–Crippen LogP) is 1.93. The molecule has 7 heteroatoms. The molecule has 0 saturated heterocycles. The zero-order valence-corrected chi connectivity index (χ0v) is 8.35. The predicted molar refractivity (Wildman–Crippen MR) is 51.9 cm³/mol. The summed E-state index contributed by atoms with van der Waals surface area (Å²) in [6.45, 7) is 0. The Bertz CT molecular complexity index is 637. The average molecular weight is 248 g/mol. The Labute approximate surface area is 92.3 Å². The maximum absolute atomic E-state index is 13.3. The van der Waals surface area contributed by atoms with E-state index in [1.807, 2.05) is 0 Å². The first-order valence-electron chi connectivity index (χ1n) is 4.46. The molecule has 0 aliphatic carbocycles. The molecule has 0 aromatic heterocycles. The lowest BCUT2D eigenvalue weighted by molar-refractivity contribution is 0.449. The second kappa shape index (κ2) is 3.68. The molecular formula is C10H3BF6. The van der Waals surface area contributed by atoms with Gasteiger partial charge in [-0.1, -0.05) is 0 Å². The van der Waals surface area contributed by atoms with Gasteiger partial charge in [0.2, 0.25) is 0 Å². The molecule has 0 nitrogen and oxygen atoms in total. The van der Waals surface area contributed by atoms with E-state index >= 15 is 0 Å². The van der Waals surface area contributed by atoms with Crippen LogP contribution in [0.5, 0.6) is 0 Å². The normalized spacial score (nSPS) is 11.2. The summed E-state index contributed by atoms with van der Waals surface area (Å²) in [7, 11) is 0.945. The fourth-order valence-corrected chi connectivity index (χ4v) is 1.65. The molecule has 2 aromatic carbocycles. The van der Waals surface area contributed by atoms with Crippen LogP contribution in [-0.4, -0.2) is 7.85 Å². The van der Waals surface area contributed by atoms with Gasteiger partial charge in [-0.25, -0.2) is 26.3 Å². The third-order valence-electron chi connectivity index (χ3n) is 2.48. The minimum atomic E-state index is -1.96. The highest BCUT2D eigenvalue weighted by Gasteiger charge is 2.24. The molecule has 0 aliphatic heterocycles. The van der Waals surface area contributed by atoms with Crippen LogP contribution in [0.2, 0.25) is 0 Å². The highest BCUT2D eigenvalue weighted by Crippen LogP contribution is 2.27. The van der Waals surface area contributed by atoms with Gasteiger partial charge in [-0.2, -0.15) is 0 Å². The van der Waals surface area contributed by atoms with Crippen molar-refractivity contribution in [3.63, 3.8) is 0 Å². The van der Waals surface area contributed by atoms with Crippen molar-refractivity contribution in [3.8, 4) is 0 Å². The quantitative estimate of drug-likeness (QED) is 0.289. The minimum Gasteiger partial charge on any atom is -0.206 e. The van der Waals surface area contributed by atoms with Crippen molar-refractivity contribution in [2.75, 3.05) is 0 Å². The molecule has 0 unspecified atom stereocenters. The Kier molecular flexibility index (Phi) is 2.56. The molecule has 0 atom stereocenters. The SMILES string of the molecule is Bc1c(F)c(F)c(F)c2c(F)c(F)cc(F)c12. The molecule has 0 amide bonds. The van der Waals surface area contributed by atoms with E-state index in [2.05, 4.69) is 0 Å². The first-order chi connectivity index (χ1) is 7.86. The Hall–Kier alpha value is -1.66. The van der Waals surface area contributed by atoms with E-state index < -0.39 is 51.1 Å². The van der Waals surface area contributed by atoms with Gasteiger partial charge < -0.3 is 0 Å². The summed E-state index contributed by atoms with van der Waals surface area (Å²) in [5, 5.41) is -2.03. The molecule has 2 aromatic rings. The monoisotopic (exact) mass is 248 g/mol.